The zero-order chi connectivity index (χ0) is 16.4. The number of nitrogens with one attached hydrogen (secondary N) is 2. The molecule has 2 N–H and O–H groups in total. The second kappa shape index (κ2) is 6.40. The van der Waals surface area contributed by atoms with Crippen LogP contribution in [0.15, 0.2) is 12.4 Å². The van der Waals surface area contributed by atoms with Crippen LogP contribution in [0.3, 0.4) is 0 Å². The van der Waals surface area contributed by atoms with Crippen LogP contribution in [0.5, 0.6) is 0 Å². The van der Waals surface area contributed by atoms with Gasteiger partial charge in [0.15, 0.2) is 0 Å². The fraction of sp³-hybridized carbons (Fsp3) is 0.500. The van der Waals surface area contributed by atoms with Crippen molar-refractivity contribution >= 4 is 17.3 Å². The van der Waals surface area contributed by atoms with Gasteiger partial charge in [0.05, 0.1) is 0 Å². The first-order valence-corrected chi connectivity index (χ1v) is 8.09. The lowest BCUT2D eigenvalue weighted by Gasteiger charge is -2.24. The number of alkyl halides is 3. The zero-order valence-electron chi connectivity index (χ0n) is 12.4. The average molecular weight is 343 g/mol. The van der Waals surface area contributed by atoms with E-state index >= 15 is 0 Å². The fourth-order valence-corrected chi connectivity index (χ4v) is 3.20. The summed E-state index contributed by atoms with van der Waals surface area (Å²) in [5.41, 5.74) is -1.02. The predicted octanol–water partition coefficient (Wildman–Crippen LogP) is 3.09. The smallest absolute Gasteiger partial charge is 0.351 e. The van der Waals surface area contributed by atoms with Crippen LogP contribution in [0.1, 0.15) is 23.3 Å². The molecule has 0 spiro atoms. The van der Waals surface area contributed by atoms with Crippen molar-refractivity contribution in [3.05, 3.63) is 22.8 Å². The summed E-state index contributed by atoms with van der Waals surface area (Å²) in [5, 5.41) is 6.61. The molecule has 124 valence electrons. The van der Waals surface area contributed by atoms with Crippen molar-refractivity contribution in [2.24, 2.45) is 0 Å². The molecule has 5 nitrogen and oxygen atoms in total. The molecule has 2 aromatic heterocycles. The van der Waals surface area contributed by atoms with Gasteiger partial charge in [0, 0.05) is 23.3 Å². The fourth-order valence-electron chi connectivity index (χ4n) is 2.43. The van der Waals surface area contributed by atoms with Crippen molar-refractivity contribution in [2.75, 3.05) is 18.4 Å². The minimum Gasteiger partial charge on any atom is -0.351 e. The molecule has 2 aromatic rings. The first-order chi connectivity index (χ1) is 10.9. The van der Waals surface area contributed by atoms with Gasteiger partial charge >= 0.3 is 6.18 Å². The molecule has 3 rings (SSSR count). The molecule has 0 bridgehead atoms. The summed E-state index contributed by atoms with van der Waals surface area (Å²) in [6, 6.07) is 0.166. The van der Waals surface area contributed by atoms with Crippen LogP contribution in [0.25, 0.3) is 10.7 Å². The summed E-state index contributed by atoms with van der Waals surface area (Å²) in [6.45, 7) is 3.54. The Hall–Kier alpha value is -1.74. The van der Waals surface area contributed by atoms with E-state index in [-0.39, 0.29) is 22.7 Å². The summed E-state index contributed by atoms with van der Waals surface area (Å²) in [7, 11) is 0. The Balaban J connectivity index is 1.94. The van der Waals surface area contributed by atoms with Crippen LogP contribution in [0, 0.1) is 6.92 Å². The van der Waals surface area contributed by atoms with Gasteiger partial charge in [0.2, 0.25) is 5.95 Å². The molecule has 1 aliphatic heterocycles. The van der Waals surface area contributed by atoms with E-state index in [0.29, 0.717) is 0 Å². The minimum atomic E-state index is -4.51. The van der Waals surface area contributed by atoms with Gasteiger partial charge in [-0.25, -0.2) is 15.0 Å². The molecule has 9 heteroatoms. The highest BCUT2D eigenvalue weighted by atomic mass is 32.1. The maximum Gasteiger partial charge on any atom is 0.420 e. The molecule has 0 unspecified atom stereocenters. The number of hydrogen-bond acceptors (Lipinski definition) is 6. The van der Waals surface area contributed by atoms with Crippen molar-refractivity contribution in [3.63, 3.8) is 0 Å². The molecule has 1 fully saturated rings. The van der Waals surface area contributed by atoms with E-state index in [4.69, 9.17) is 0 Å². The number of aryl methyl sites for hydroxylation is 1. The van der Waals surface area contributed by atoms with Crippen LogP contribution in [-0.2, 0) is 6.18 Å². The molecule has 1 aliphatic rings. The Morgan fingerprint density at radius 1 is 1.22 bits per heavy atom. The maximum absolute atomic E-state index is 13.2. The predicted molar refractivity (Wildman–Crippen MR) is 82.4 cm³/mol. The third-order valence-corrected chi connectivity index (χ3v) is 4.51. The molecule has 0 saturated carbocycles. The molecule has 0 aliphatic carbocycles. The molecule has 0 aromatic carbocycles. The van der Waals surface area contributed by atoms with E-state index in [2.05, 4.69) is 25.6 Å². The van der Waals surface area contributed by atoms with Crippen LogP contribution in [0.4, 0.5) is 19.1 Å². The molecular weight excluding hydrogens is 327 g/mol. The van der Waals surface area contributed by atoms with Gasteiger partial charge in [-0.05, 0) is 32.9 Å². The number of rotatable bonds is 3. The maximum atomic E-state index is 13.2. The van der Waals surface area contributed by atoms with E-state index < -0.39 is 11.7 Å². The van der Waals surface area contributed by atoms with Gasteiger partial charge in [-0.3, -0.25) is 0 Å². The highest BCUT2D eigenvalue weighted by Gasteiger charge is 2.36. The summed E-state index contributed by atoms with van der Waals surface area (Å²) in [5.74, 6) is 0.216. The monoisotopic (exact) mass is 343 g/mol. The lowest BCUT2D eigenvalue weighted by molar-refractivity contribution is -0.137. The Bertz CT molecular complexity index is 679. The largest absolute Gasteiger partial charge is 0.420 e. The topological polar surface area (TPSA) is 62.7 Å². The Morgan fingerprint density at radius 2 is 1.96 bits per heavy atom. The summed E-state index contributed by atoms with van der Waals surface area (Å²) < 4.78 is 39.6. The number of halogens is 3. The number of piperidine rings is 1. The Labute approximate surface area is 135 Å². The van der Waals surface area contributed by atoms with E-state index in [1.807, 2.05) is 0 Å². The van der Waals surface area contributed by atoms with Crippen molar-refractivity contribution < 1.29 is 13.2 Å². The van der Waals surface area contributed by atoms with E-state index in [1.165, 1.54) is 11.3 Å². The number of nitrogens with zero attached hydrogens (tertiary/aromatic N) is 3. The SMILES string of the molecule is Cc1cnc(-c2nc(NC3CCNCC3)ncc2C(F)(F)F)s1. The van der Waals surface area contributed by atoms with Crippen LogP contribution in [-0.4, -0.2) is 34.1 Å². The summed E-state index contributed by atoms with van der Waals surface area (Å²) in [4.78, 5) is 12.8. The lowest BCUT2D eigenvalue weighted by atomic mass is 10.1. The van der Waals surface area contributed by atoms with Crippen molar-refractivity contribution in [1.82, 2.24) is 20.3 Å². The van der Waals surface area contributed by atoms with Crippen molar-refractivity contribution in [3.8, 4) is 10.7 Å². The third-order valence-electron chi connectivity index (χ3n) is 3.59. The third kappa shape index (κ3) is 3.78. The normalized spacial score (nSPS) is 16.5. The van der Waals surface area contributed by atoms with Crippen molar-refractivity contribution in [1.29, 1.82) is 0 Å². The van der Waals surface area contributed by atoms with Gasteiger partial charge in [0.1, 0.15) is 16.3 Å². The molecular formula is C14H16F3N5S. The minimum absolute atomic E-state index is 0.165. The number of aromatic nitrogens is 3. The zero-order valence-corrected chi connectivity index (χ0v) is 13.3. The number of hydrogen-bond donors (Lipinski definition) is 2. The highest BCUT2D eigenvalue weighted by molar-refractivity contribution is 7.14. The van der Waals surface area contributed by atoms with Crippen LogP contribution < -0.4 is 10.6 Å². The first kappa shape index (κ1) is 16.1. The van der Waals surface area contributed by atoms with Crippen LogP contribution >= 0.6 is 11.3 Å². The lowest BCUT2D eigenvalue weighted by Crippen LogP contribution is -2.35. The van der Waals surface area contributed by atoms with E-state index in [1.54, 1.807) is 13.1 Å². The molecule has 1 saturated heterocycles. The van der Waals surface area contributed by atoms with E-state index in [9.17, 15) is 13.2 Å². The summed E-state index contributed by atoms with van der Waals surface area (Å²) in [6.07, 6.45) is -0.362. The van der Waals surface area contributed by atoms with Crippen molar-refractivity contribution in [2.45, 2.75) is 32.0 Å². The molecule has 3 heterocycles. The first-order valence-electron chi connectivity index (χ1n) is 7.28. The Kier molecular flexibility index (Phi) is 4.49. The van der Waals surface area contributed by atoms with Gasteiger partial charge in [-0.1, -0.05) is 0 Å². The second-order valence-electron chi connectivity index (χ2n) is 5.40. The average Bonchev–Trinajstić information content (AvgIpc) is 2.94. The van der Waals surface area contributed by atoms with Gasteiger partial charge in [-0.15, -0.1) is 11.3 Å². The summed E-state index contributed by atoms with van der Waals surface area (Å²) >= 11 is 1.19. The highest BCUT2D eigenvalue weighted by Crippen LogP contribution is 2.37. The molecule has 0 amide bonds. The number of thiazole rings is 1. The van der Waals surface area contributed by atoms with Gasteiger partial charge in [0.25, 0.3) is 0 Å². The standard InChI is InChI=1S/C14H16F3N5S/c1-8-6-19-12(23-8)11-10(14(15,16)17)7-20-13(22-11)21-9-2-4-18-5-3-9/h6-7,9,18H,2-5H2,1H3,(H,20,21,22). The number of anilines is 1. The molecule has 23 heavy (non-hydrogen) atoms. The molecule has 0 radical (unpaired) electrons. The quantitative estimate of drug-likeness (QED) is 0.897. The molecule has 0 atom stereocenters. The van der Waals surface area contributed by atoms with E-state index in [0.717, 1.165) is 37.0 Å². The van der Waals surface area contributed by atoms with Gasteiger partial charge < -0.3 is 10.6 Å². The second-order valence-corrected chi connectivity index (χ2v) is 6.63. The Morgan fingerprint density at radius 3 is 2.57 bits per heavy atom. The van der Waals surface area contributed by atoms with Crippen LogP contribution in [0.2, 0.25) is 0 Å². The van der Waals surface area contributed by atoms with Gasteiger partial charge in [-0.2, -0.15) is 13.2 Å².